The average Bonchev–Trinajstić information content (AvgIpc) is 2.43. The molecule has 20 heavy (non-hydrogen) atoms. The van der Waals surface area contributed by atoms with Crippen LogP contribution in [-0.2, 0) is 14.8 Å². The number of carboxylic acids is 1. The van der Waals surface area contributed by atoms with Crippen molar-refractivity contribution in [2.45, 2.75) is 31.2 Å². The summed E-state index contributed by atoms with van der Waals surface area (Å²) in [5.74, 6) is -0.998. The molecule has 2 N–H and O–H groups in total. The van der Waals surface area contributed by atoms with Gasteiger partial charge in [0.25, 0.3) is 0 Å². The van der Waals surface area contributed by atoms with E-state index in [0.717, 1.165) is 0 Å². The Labute approximate surface area is 119 Å². The highest BCUT2D eigenvalue weighted by Gasteiger charge is 2.24. The lowest BCUT2D eigenvalue weighted by Gasteiger charge is -2.30. The maximum Gasteiger partial charge on any atom is 0.323 e. The van der Waals surface area contributed by atoms with Crippen molar-refractivity contribution in [3.63, 3.8) is 0 Å². The van der Waals surface area contributed by atoms with E-state index in [1.807, 2.05) is 13.8 Å². The SMILES string of the molecule is CCC(C)N(CC(=O)O)c1ccccc1S(=O)(=O)NC. The fourth-order valence-electron chi connectivity index (χ4n) is 1.88. The lowest BCUT2D eigenvalue weighted by Crippen LogP contribution is -2.38. The Morgan fingerprint density at radius 1 is 1.40 bits per heavy atom. The predicted octanol–water partition coefficient (Wildman–Crippen LogP) is 1.28. The Balaban J connectivity index is 3.37. The number of para-hydroxylation sites is 1. The number of anilines is 1. The van der Waals surface area contributed by atoms with Crippen LogP contribution in [0.1, 0.15) is 20.3 Å². The third-order valence-corrected chi connectivity index (χ3v) is 4.62. The summed E-state index contributed by atoms with van der Waals surface area (Å²) in [5.41, 5.74) is 0.401. The molecule has 1 aromatic rings. The molecule has 0 saturated heterocycles. The summed E-state index contributed by atoms with van der Waals surface area (Å²) in [5, 5.41) is 9.03. The smallest absolute Gasteiger partial charge is 0.323 e. The molecule has 1 unspecified atom stereocenters. The molecule has 0 amide bonds. The van der Waals surface area contributed by atoms with Gasteiger partial charge in [0.1, 0.15) is 11.4 Å². The van der Waals surface area contributed by atoms with Crippen molar-refractivity contribution in [3.05, 3.63) is 24.3 Å². The molecule has 1 rings (SSSR count). The fourth-order valence-corrected chi connectivity index (χ4v) is 2.81. The number of aliphatic carboxylic acids is 1. The predicted molar refractivity (Wildman–Crippen MR) is 77.4 cm³/mol. The van der Waals surface area contributed by atoms with Gasteiger partial charge in [-0.2, -0.15) is 0 Å². The maximum absolute atomic E-state index is 12.0. The van der Waals surface area contributed by atoms with E-state index in [1.165, 1.54) is 13.1 Å². The van der Waals surface area contributed by atoms with Gasteiger partial charge in [0.15, 0.2) is 0 Å². The third kappa shape index (κ3) is 3.71. The van der Waals surface area contributed by atoms with E-state index < -0.39 is 16.0 Å². The summed E-state index contributed by atoms with van der Waals surface area (Å²) >= 11 is 0. The van der Waals surface area contributed by atoms with E-state index in [9.17, 15) is 13.2 Å². The normalized spacial score (nSPS) is 12.9. The van der Waals surface area contributed by atoms with Crippen molar-refractivity contribution in [2.75, 3.05) is 18.5 Å². The number of nitrogens with zero attached hydrogens (tertiary/aromatic N) is 1. The molecule has 112 valence electrons. The van der Waals surface area contributed by atoms with E-state index in [0.29, 0.717) is 12.1 Å². The number of hydrogen-bond donors (Lipinski definition) is 2. The highest BCUT2D eigenvalue weighted by molar-refractivity contribution is 7.89. The number of benzene rings is 1. The van der Waals surface area contributed by atoms with E-state index in [2.05, 4.69) is 4.72 Å². The highest BCUT2D eigenvalue weighted by Crippen LogP contribution is 2.27. The average molecular weight is 300 g/mol. The second-order valence-electron chi connectivity index (χ2n) is 4.45. The molecular weight excluding hydrogens is 280 g/mol. The summed E-state index contributed by atoms with van der Waals surface area (Å²) in [7, 11) is -2.31. The Bertz CT molecular complexity index is 571. The van der Waals surface area contributed by atoms with Gasteiger partial charge in [-0.05, 0) is 32.5 Å². The molecule has 6 nitrogen and oxygen atoms in total. The number of carbonyl (C=O) groups is 1. The van der Waals surface area contributed by atoms with Gasteiger partial charge >= 0.3 is 5.97 Å². The Morgan fingerprint density at radius 3 is 2.50 bits per heavy atom. The molecule has 0 aliphatic carbocycles. The minimum absolute atomic E-state index is 0.0840. The van der Waals surface area contributed by atoms with E-state index in [4.69, 9.17) is 5.11 Å². The maximum atomic E-state index is 12.0. The molecular formula is C13H20N2O4S. The summed E-state index contributed by atoms with van der Waals surface area (Å²) < 4.78 is 26.3. The molecule has 0 heterocycles. The zero-order valence-corrected chi connectivity index (χ0v) is 12.6. The molecule has 0 aromatic heterocycles. The van der Waals surface area contributed by atoms with Gasteiger partial charge in [-0.1, -0.05) is 19.1 Å². The van der Waals surface area contributed by atoms with Crippen LogP contribution in [-0.4, -0.2) is 39.1 Å². The Hall–Kier alpha value is -1.60. The van der Waals surface area contributed by atoms with Gasteiger partial charge in [-0.25, -0.2) is 13.1 Å². The number of sulfonamides is 1. The molecule has 0 spiro atoms. The van der Waals surface area contributed by atoms with Crippen molar-refractivity contribution in [2.24, 2.45) is 0 Å². The Kier molecular flexibility index (Phi) is 5.52. The second-order valence-corrected chi connectivity index (χ2v) is 6.31. The van der Waals surface area contributed by atoms with E-state index in [1.54, 1.807) is 23.1 Å². The summed E-state index contributed by atoms with van der Waals surface area (Å²) in [6.45, 7) is 3.55. The van der Waals surface area contributed by atoms with Gasteiger partial charge in [-0.15, -0.1) is 0 Å². The standard InChI is InChI=1S/C13H20N2O4S/c1-4-10(2)15(9-13(16)17)11-7-5-6-8-12(11)20(18,19)14-3/h5-8,10,14H,4,9H2,1-3H3,(H,16,17). The molecule has 0 fully saturated rings. The van der Waals surface area contributed by atoms with Crippen LogP contribution in [0, 0.1) is 0 Å². The monoisotopic (exact) mass is 300 g/mol. The molecule has 0 radical (unpaired) electrons. The molecule has 0 bridgehead atoms. The molecule has 0 aliphatic heterocycles. The Morgan fingerprint density at radius 2 is 2.00 bits per heavy atom. The van der Waals surface area contributed by atoms with Crippen LogP contribution in [0.3, 0.4) is 0 Å². The van der Waals surface area contributed by atoms with Crippen LogP contribution < -0.4 is 9.62 Å². The molecule has 0 aliphatic rings. The van der Waals surface area contributed by atoms with Crippen LogP contribution in [0.25, 0.3) is 0 Å². The third-order valence-electron chi connectivity index (χ3n) is 3.16. The summed E-state index contributed by atoms with van der Waals surface area (Å²) in [4.78, 5) is 12.7. The van der Waals surface area contributed by atoms with Crippen molar-refractivity contribution in [1.82, 2.24) is 4.72 Å². The number of nitrogens with one attached hydrogen (secondary N) is 1. The van der Waals surface area contributed by atoms with Crippen molar-refractivity contribution in [3.8, 4) is 0 Å². The first-order valence-corrected chi connectivity index (χ1v) is 7.82. The van der Waals surface area contributed by atoms with Gasteiger partial charge in [-0.3, -0.25) is 4.79 Å². The lowest BCUT2D eigenvalue weighted by molar-refractivity contribution is -0.135. The summed E-state index contributed by atoms with van der Waals surface area (Å²) in [6, 6.07) is 6.32. The molecule has 1 aromatic carbocycles. The fraction of sp³-hybridized carbons (Fsp3) is 0.462. The number of rotatable bonds is 7. The quantitative estimate of drug-likeness (QED) is 0.792. The van der Waals surface area contributed by atoms with Crippen LogP contribution in [0.4, 0.5) is 5.69 Å². The minimum atomic E-state index is -3.64. The van der Waals surface area contributed by atoms with Crippen LogP contribution in [0.15, 0.2) is 29.2 Å². The van der Waals surface area contributed by atoms with Gasteiger partial charge in [0.2, 0.25) is 10.0 Å². The zero-order chi connectivity index (χ0) is 15.3. The largest absolute Gasteiger partial charge is 0.480 e. The minimum Gasteiger partial charge on any atom is -0.480 e. The topological polar surface area (TPSA) is 86.7 Å². The van der Waals surface area contributed by atoms with Crippen LogP contribution in [0.2, 0.25) is 0 Å². The van der Waals surface area contributed by atoms with Gasteiger partial charge < -0.3 is 10.0 Å². The van der Waals surface area contributed by atoms with E-state index >= 15 is 0 Å². The van der Waals surface area contributed by atoms with Crippen molar-refractivity contribution >= 4 is 21.7 Å². The first-order valence-electron chi connectivity index (χ1n) is 6.34. The van der Waals surface area contributed by atoms with Gasteiger partial charge in [0.05, 0.1) is 5.69 Å². The van der Waals surface area contributed by atoms with Crippen LogP contribution in [0.5, 0.6) is 0 Å². The zero-order valence-electron chi connectivity index (χ0n) is 11.8. The first kappa shape index (κ1) is 16.5. The van der Waals surface area contributed by atoms with E-state index in [-0.39, 0.29) is 17.5 Å². The second kappa shape index (κ2) is 6.71. The van der Waals surface area contributed by atoms with Crippen LogP contribution >= 0.6 is 0 Å². The lowest BCUT2D eigenvalue weighted by atomic mass is 10.2. The van der Waals surface area contributed by atoms with Crippen molar-refractivity contribution in [1.29, 1.82) is 0 Å². The molecule has 7 heteroatoms. The summed E-state index contributed by atoms with van der Waals surface area (Å²) in [6.07, 6.45) is 0.710. The van der Waals surface area contributed by atoms with Crippen molar-refractivity contribution < 1.29 is 18.3 Å². The molecule has 1 atom stereocenters. The highest BCUT2D eigenvalue weighted by atomic mass is 32.2. The van der Waals surface area contributed by atoms with Gasteiger partial charge in [0, 0.05) is 6.04 Å². The molecule has 0 saturated carbocycles. The number of carboxylic acid groups (broad SMARTS) is 1. The first-order chi connectivity index (χ1) is 9.33. The number of hydrogen-bond acceptors (Lipinski definition) is 4.